The maximum absolute atomic E-state index is 12.7. The minimum atomic E-state index is -0.240. The van der Waals surface area contributed by atoms with Crippen molar-refractivity contribution in [2.24, 2.45) is 11.8 Å². The molecule has 1 aromatic rings. The molecule has 2 atom stereocenters. The Labute approximate surface area is 176 Å². The Morgan fingerprint density at radius 3 is 2.00 bits per heavy atom. The Hall–Kier alpha value is -2.96. The minimum absolute atomic E-state index is 0.0184. The van der Waals surface area contributed by atoms with Gasteiger partial charge in [-0.15, -0.1) is 0 Å². The standard InChI is InChI=1S/C23H27N3O4/c1-16(27)17-6-8-18(9-7-17)24-12-14-25(15-13-24)21(28)10-11-26-22(29)19-4-2-3-5-20(19)23(26)30/h2-3,6-9,19-20H,4-5,10-15H2,1H3/t19-,20-/m0/s1. The lowest BCUT2D eigenvalue weighted by molar-refractivity contribution is -0.140. The van der Waals surface area contributed by atoms with Gasteiger partial charge in [-0.25, -0.2) is 0 Å². The van der Waals surface area contributed by atoms with E-state index < -0.39 is 0 Å². The molecule has 1 aromatic carbocycles. The minimum Gasteiger partial charge on any atom is -0.368 e. The molecule has 0 aromatic heterocycles. The molecule has 1 aliphatic carbocycles. The van der Waals surface area contributed by atoms with E-state index in [-0.39, 0.29) is 48.3 Å². The molecule has 2 saturated heterocycles. The molecule has 2 aliphatic heterocycles. The number of piperazine rings is 1. The highest BCUT2D eigenvalue weighted by atomic mass is 16.2. The molecule has 4 rings (SSSR count). The molecule has 0 unspecified atom stereocenters. The van der Waals surface area contributed by atoms with E-state index in [1.54, 1.807) is 11.8 Å². The monoisotopic (exact) mass is 409 g/mol. The first kappa shape index (κ1) is 20.3. The Morgan fingerprint density at radius 2 is 1.47 bits per heavy atom. The molecule has 0 bridgehead atoms. The van der Waals surface area contributed by atoms with E-state index in [4.69, 9.17) is 0 Å². The van der Waals surface area contributed by atoms with Gasteiger partial charge < -0.3 is 9.80 Å². The van der Waals surface area contributed by atoms with Gasteiger partial charge in [-0.2, -0.15) is 0 Å². The highest BCUT2D eigenvalue weighted by Crippen LogP contribution is 2.35. The summed E-state index contributed by atoms with van der Waals surface area (Å²) >= 11 is 0. The van der Waals surface area contributed by atoms with Gasteiger partial charge in [0, 0.05) is 50.4 Å². The third-order valence-corrected chi connectivity index (χ3v) is 6.42. The summed E-state index contributed by atoms with van der Waals surface area (Å²) in [5.74, 6) is -0.703. The second-order valence-corrected chi connectivity index (χ2v) is 8.20. The molecule has 3 aliphatic rings. The summed E-state index contributed by atoms with van der Waals surface area (Å²) in [4.78, 5) is 54.4. The van der Waals surface area contributed by atoms with Crippen LogP contribution in [0.25, 0.3) is 0 Å². The van der Waals surface area contributed by atoms with Crippen LogP contribution in [0.15, 0.2) is 36.4 Å². The molecule has 0 saturated carbocycles. The first-order valence-electron chi connectivity index (χ1n) is 10.6. The van der Waals surface area contributed by atoms with Crippen LogP contribution in [-0.2, 0) is 14.4 Å². The maximum Gasteiger partial charge on any atom is 0.233 e. The quantitative estimate of drug-likeness (QED) is 0.422. The Morgan fingerprint density at radius 1 is 0.900 bits per heavy atom. The van der Waals surface area contributed by atoms with Crippen molar-refractivity contribution in [2.45, 2.75) is 26.2 Å². The summed E-state index contributed by atoms with van der Waals surface area (Å²) in [7, 11) is 0. The zero-order valence-corrected chi connectivity index (χ0v) is 17.3. The number of benzene rings is 1. The average Bonchev–Trinajstić information content (AvgIpc) is 3.02. The molecule has 2 heterocycles. The van der Waals surface area contributed by atoms with Crippen molar-refractivity contribution in [3.05, 3.63) is 42.0 Å². The number of imide groups is 1. The van der Waals surface area contributed by atoms with Crippen molar-refractivity contribution in [1.82, 2.24) is 9.80 Å². The van der Waals surface area contributed by atoms with E-state index in [0.29, 0.717) is 44.6 Å². The molecule has 0 N–H and O–H groups in total. The van der Waals surface area contributed by atoms with Crippen LogP contribution in [0.5, 0.6) is 0 Å². The Bertz CT molecular complexity index is 858. The number of Topliss-reactive ketones (excluding diaryl/α,β-unsaturated/α-hetero) is 1. The van der Waals surface area contributed by atoms with Gasteiger partial charge in [0.25, 0.3) is 0 Å². The normalized spacial score (nSPS) is 23.7. The van der Waals surface area contributed by atoms with Crippen molar-refractivity contribution in [3.63, 3.8) is 0 Å². The lowest BCUT2D eigenvalue weighted by atomic mass is 9.85. The van der Waals surface area contributed by atoms with E-state index >= 15 is 0 Å². The van der Waals surface area contributed by atoms with E-state index in [9.17, 15) is 19.2 Å². The summed E-state index contributed by atoms with van der Waals surface area (Å²) in [5.41, 5.74) is 1.73. The fourth-order valence-electron chi connectivity index (χ4n) is 4.58. The molecule has 30 heavy (non-hydrogen) atoms. The molecule has 0 spiro atoms. The van der Waals surface area contributed by atoms with E-state index in [1.807, 2.05) is 36.4 Å². The van der Waals surface area contributed by atoms with Crippen LogP contribution in [0.4, 0.5) is 5.69 Å². The zero-order valence-electron chi connectivity index (χ0n) is 17.3. The van der Waals surface area contributed by atoms with Crippen molar-refractivity contribution in [1.29, 1.82) is 0 Å². The first-order valence-corrected chi connectivity index (χ1v) is 10.6. The van der Waals surface area contributed by atoms with Crippen LogP contribution in [0.3, 0.4) is 0 Å². The molecule has 7 nitrogen and oxygen atoms in total. The number of fused-ring (bicyclic) bond motifs is 1. The van der Waals surface area contributed by atoms with Gasteiger partial charge in [0.15, 0.2) is 5.78 Å². The molecular weight excluding hydrogens is 382 g/mol. The highest BCUT2D eigenvalue weighted by Gasteiger charge is 2.47. The van der Waals surface area contributed by atoms with Gasteiger partial charge in [0.1, 0.15) is 0 Å². The Balaban J connectivity index is 1.27. The summed E-state index contributed by atoms with van der Waals surface area (Å²) in [6, 6.07) is 7.53. The second kappa shape index (κ2) is 8.42. The number of rotatable bonds is 5. The predicted octanol–water partition coefficient (Wildman–Crippen LogP) is 1.88. The highest BCUT2D eigenvalue weighted by molar-refractivity contribution is 6.05. The number of nitrogens with zero attached hydrogens (tertiary/aromatic N) is 3. The molecule has 2 fully saturated rings. The average molecular weight is 409 g/mol. The number of hydrogen-bond donors (Lipinski definition) is 0. The van der Waals surface area contributed by atoms with Crippen molar-refractivity contribution >= 4 is 29.2 Å². The number of hydrogen-bond acceptors (Lipinski definition) is 5. The summed E-state index contributed by atoms with van der Waals surface area (Å²) in [5, 5.41) is 0. The number of amides is 3. The SMILES string of the molecule is CC(=O)c1ccc(N2CCN(C(=O)CCN3C(=O)[C@H]4CC=CC[C@@H]4C3=O)CC2)cc1. The molecule has 158 valence electrons. The number of allylic oxidation sites excluding steroid dienone is 2. The lowest BCUT2D eigenvalue weighted by Gasteiger charge is -2.36. The van der Waals surface area contributed by atoms with Crippen LogP contribution in [0.2, 0.25) is 0 Å². The van der Waals surface area contributed by atoms with E-state index in [1.165, 1.54) is 4.90 Å². The fraction of sp³-hybridized carbons (Fsp3) is 0.478. The molecule has 3 amide bonds. The summed E-state index contributed by atoms with van der Waals surface area (Å²) in [6.07, 6.45) is 5.35. The van der Waals surface area contributed by atoms with Crippen molar-refractivity contribution < 1.29 is 19.2 Å². The van der Waals surface area contributed by atoms with Crippen LogP contribution >= 0.6 is 0 Å². The number of carbonyl (C=O) groups is 4. The lowest BCUT2D eigenvalue weighted by Crippen LogP contribution is -2.49. The Kier molecular flexibility index (Phi) is 5.70. The molecule has 7 heteroatoms. The largest absolute Gasteiger partial charge is 0.368 e. The number of carbonyl (C=O) groups excluding carboxylic acids is 4. The van der Waals surface area contributed by atoms with Gasteiger partial charge in [0.2, 0.25) is 17.7 Å². The van der Waals surface area contributed by atoms with E-state index in [2.05, 4.69) is 4.90 Å². The van der Waals surface area contributed by atoms with Gasteiger partial charge in [-0.3, -0.25) is 24.1 Å². The number of likely N-dealkylation sites (tertiary alicyclic amines) is 1. The maximum atomic E-state index is 12.7. The van der Waals surface area contributed by atoms with Crippen LogP contribution in [0, 0.1) is 11.8 Å². The van der Waals surface area contributed by atoms with E-state index in [0.717, 1.165) is 5.69 Å². The topological polar surface area (TPSA) is 78.0 Å². The fourth-order valence-corrected chi connectivity index (χ4v) is 4.58. The third-order valence-electron chi connectivity index (χ3n) is 6.42. The third kappa shape index (κ3) is 3.88. The van der Waals surface area contributed by atoms with Gasteiger partial charge >= 0.3 is 0 Å². The molecule has 0 radical (unpaired) electrons. The van der Waals surface area contributed by atoms with Crippen LogP contribution in [-0.4, -0.2) is 66.0 Å². The summed E-state index contributed by atoms with van der Waals surface area (Å²) < 4.78 is 0. The summed E-state index contributed by atoms with van der Waals surface area (Å²) in [6.45, 7) is 4.35. The number of anilines is 1. The zero-order chi connectivity index (χ0) is 21.3. The van der Waals surface area contributed by atoms with Gasteiger partial charge in [-0.1, -0.05) is 12.2 Å². The predicted molar refractivity (Wildman–Crippen MR) is 112 cm³/mol. The van der Waals surface area contributed by atoms with Crippen molar-refractivity contribution in [3.8, 4) is 0 Å². The smallest absolute Gasteiger partial charge is 0.233 e. The van der Waals surface area contributed by atoms with Crippen LogP contribution < -0.4 is 4.90 Å². The van der Waals surface area contributed by atoms with Gasteiger partial charge in [0.05, 0.1) is 11.8 Å². The first-order chi connectivity index (χ1) is 14.5. The van der Waals surface area contributed by atoms with Crippen molar-refractivity contribution in [2.75, 3.05) is 37.6 Å². The van der Waals surface area contributed by atoms with Crippen LogP contribution in [0.1, 0.15) is 36.5 Å². The van der Waals surface area contributed by atoms with Gasteiger partial charge in [-0.05, 0) is 44.0 Å². The number of ketones is 1. The second-order valence-electron chi connectivity index (χ2n) is 8.20. The molecular formula is C23H27N3O4.